The van der Waals surface area contributed by atoms with Crippen LogP contribution in [0.1, 0.15) is 5.01 Å². The number of hydrogen-bond donors (Lipinski definition) is 1. The number of nitrogens with zero attached hydrogens (tertiary/aromatic N) is 1. The SMILES string of the molecule is Cc1nc(-c2ccc(Cl)cc2Br)c(N)s1. The van der Waals surface area contributed by atoms with E-state index in [2.05, 4.69) is 20.9 Å². The lowest BCUT2D eigenvalue weighted by molar-refractivity contribution is 1.29. The molecule has 0 unspecified atom stereocenters. The lowest BCUT2D eigenvalue weighted by Gasteiger charge is -2.02. The molecule has 2 rings (SSSR count). The molecule has 15 heavy (non-hydrogen) atoms. The van der Waals surface area contributed by atoms with Crippen molar-refractivity contribution in [3.63, 3.8) is 0 Å². The number of nitrogens with two attached hydrogens (primary N) is 1. The first-order valence-electron chi connectivity index (χ1n) is 4.26. The molecule has 5 heteroatoms. The minimum Gasteiger partial charge on any atom is -0.389 e. The largest absolute Gasteiger partial charge is 0.389 e. The van der Waals surface area contributed by atoms with Gasteiger partial charge in [0.2, 0.25) is 0 Å². The molecule has 0 bridgehead atoms. The highest BCUT2D eigenvalue weighted by Crippen LogP contribution is 2.35. The first kappa shape index (κ1) is 10.9. The van der Waals surface area contributed by atoms with E-state index < -0.39 is 0 Å². The summed E-state index contributed by atoms with van der Waals surface area (Å²) >= 11 is 10.8. The molecule has 0 atom stereocenters. The lowest BCUT2D eigenvalue weighted by atomic mass is 10.2. The number of aromatic nitrogens is 1. The molecule has 0 saturated carbocycles. The number of benzene rings is 1. The standard InChI is InChI=1S/C10H8BrClN2S/c1-5-14-9(10(13)15-5)7-3-2-6(12)4-8(7)11/h2-4H,13H2,1H3. The van der Waals surface area contributed by atoms with Gasteiger partial charge in [0.15, 0.2) is 0 Å². The maximum absolute atomic E-state index is 5.88. The van der Waals surface area contributed by atoms with Gasteiger partial charge in [0.05, 0.1) is 5.01 Å². The molecule has 0 aliphatic carbocycles. The van der Waals surface area contributed by atoms with Crippen LogP contribution < -0.4 is 5.73 Å². The molecule has 0 radical (unpaired) electrons. The van der Waals surface area contributed by atoms with E-state index in [1.165, 1.54) is 11.3 Å². The predicted octanol–water partition coefficient (Wildman–Crippen LogP) is 4.12. The van der Waals surface area contributed by atoms with Gasteiger partial charge in [0.25, 0.3) is 0 Å². The van der Waals surface area contributed by atoms with Crippen molar-refractivity contribution >= 4 is 43.9 Å². The fourth-order valence-corrected chi connectivity index (χ4v) is 2.90. The van der Waals surface area contributed by atoms with Gasteiger partial charge in [0.1, 0.15) is 10.7 Å². The van der Waals surface area contributed by atoms with Gasteiger partial charge >= 0.3 is 0 Å². The molecule has 0 aliphatic heterocycles. The van der Waals surface area contributed by atoms with Crippen LogP contribution in [0.2, 0.25) is 5.02 Å². The van der Waals surface area contributed by atoms with Crippen LogP contribution in [0.5, 0.6) is 0 Å². The highest BCUT2D eigenvalue weighted by atomic mass is 79.9. The van der Waals surface area contributed by atoms with Crippen LogP contribution in [0.3, 0.4) is 0 Å². The topological polar surface area (TPSA) is 38.9 Å². The molecule has 2 nitrogen and oxygen atoms in total. The van der Waals surface area contributed by atoms with Crippen LogP contribution in [0.4, 0.5) is 5.00 Å². The van der Waals surface area contributed by atoms with E-state index in [0.717, 1.165) is 25.7 Å². The van der Waals surface area contributed by atoms with E-state index in [0.29, 0.717) is 5.02 Å². The minimum atomic E-state index is 0.691. The van der Waals surface area contributed by atoms with Crippen molar-refractivity contribution in [2.45, 2.75) is 6.92 Å². The third kappa shape index (κ3) is 2.17. The monoisotopic (exact) mass is 302 g/mol. The van der Waals surface area contributed by atoms with Crippen molar-refractivity contribution in [3.05, 3.63) is 32.7 Å². The van der Waals surface area contributed by atoms with Crippen LogP contribution in [0, 0.1) is 6.92 Å². The second-order valence-corrected chi connectivity index (χ2v) is 5.60. The van der Waals surface area contributed by atoms with Crippen molar-refractivity contribution in [2.75, 3.05) is 5.73 Å². The van der Waals surface area contributed by atoms with Crippen LogP contribution >= 0.6 is 38.9 Å². The van der Waals surface area contributed by atoms with E-state index in [4.69, 9.17) is 17.3 Å². The van der Waals surface area contributed by atoms with Gasteiger partial charge in [-0.3, -0.25) is 0 Å². The number of rotatable bonds is 1. The van der Waals surface area contributed by atoms with Gasteiger partial charge in [-0.2, -0.15) is 0 Å². The van der Waals surface area contributed by atoms with E-state index in [9.17, 15) is 0 Å². The van der Waals surface area contributed by atoms with Crippen LogP contribution in [0.25, 0.3) is 11.3 Å². The Kier molecular flexibility index (Phi) is 3.00. The Hall–Kier alpha value is -0.580. The highest BCUT2D eigenvalue weighted by molar-refractivity contribution is 9.10. The Labute approximate surface area is 105 Å². The zero-order chi connectivity index (χ0) is 11.0. The minimum absolute atomic E-state index is 0.691. The summed E-state index contributed by atoms with van der Waals surface area (Å²) in [6, 6.07) is 5.58. The summed E-state index contributed by atoms with van der Waals surface area (Å²) in [5.74, 6) is 0. The number of aryl methyl sites for hydroxylation is 1. The van der Waals surface area contributed by atoms with Crippen LogP contribution in [-0.4, -0.2) is 4.98 Å². The number of hydrogen-bond acceptors (Lipinski definition) is 3. The van der Waals surface area contributed by atoms with E-state index in [1.807, 2.05) is 25.1 Å². The number of halogens is 2. The Balaban J connectivity index is 2.59. The molecular weight excluding hydrogens is 296 g/mol. The molecule has 78 valence electrons. The summed E-state index contributed by atoms with van der Waals surface area (Å²) in [6.07, 6.45) is 0. The summed E-state index contributed by atoms with van der Waals surface area (Å²) in [5.41, 5.74) is 7.68. The van der Waals surface area contributed by atoms with Crippen molar-refractivity contribution < 1.29 is 0 Å². The molecule has 2 N–H and O–H groups in total. The smallest absolute Gasteiger partial charge is 0.114 e. The highest BCUT2D eigenvalue weighted by Gasteiger charge is 2.11. The van der Waals surface area contributed by atoms with Crippen LogP contribution in [-0.2, 0) is 0 Å². The first-order valence-corrected chi connectivity index (χ1v) is 6.25. The summed E-state index contributed by atoms with van der Waals surface area (Å²) in [4.78, 5) is 4.39. The van der Waals surface area contributed by atoms with E-state index >= 15 is 0 Å². The molecule has 0 fully saturated rings. The first-order chi connectivity index (χ1) is 7.08. The number of nitrogen functional groups attached to an aromatic ring is 1. The zero-order valence-corrected chi connectivity index (χ0v) is 11.1. The fraction of sp³-hybridized carbons (Fsp3) is 0.100. The molecule has 0 saturated heterocycles. The number of anilines is 1. The van der Waals surface area contributed by atoms with Gasteiger partial charge in [-0.15, -0.1) is 11.3 Å². The quantitative estimate of drug-likeness (QED) is 0.861. The van der Waals surface area contributed by atoms with Gasteiger partial charge in [-0.1, -0.05) is 33.6 Å². The summed E-state index contributed by atoms with van der Waals surface area (Å²) in [5, 5.41) is 2.39. The zero-order valence-electron chi connectivity index (χ0n) is 7.92. The van der Waals surface area contributed by atoms with Gasteiger partial charge in [-0.25, -0.2) is 4.98 Å². The van der Waals surface area contributed by atoms with Crippen molar-refractivity contribution in [2.24, 2.45) is 0 Å². The summed E-state index contributed by atoms with van der Waals surface area (Å²) in [7, 11) is 0. The lowest BCUT2D eigenvalue weighted by Crippen LogP contribution is -1.87. The van der Waals surface area contributed by atoms with Crippen LogP contribution in [0.15, 0.2) is 22.7 Å². The third-order valence-electron chi connectivity index (χ3n) is 1.95. The Morgan fingerprint density at radius 1 is 1.47 bits per heavy atom. The van der Waals surface area contributed by atoms with Crippen molar-refractivity contribution in [1.29, 1.82) is 0 Å². The normalized spacial score (nSPS) is 10.6. The van der Waals surface area contributed by atoms with Crippen molar-refractivity contribution in [1.82, 2.24) is 4.98 Å². The predicted molar refractivity (Wildman–Crippen MR) is 69.4 cm³/mol. The number of thiazole rings is 1. The van der Waals surface area contributed by atoms with E-state index in [-0.39, 0.29) is 0 Å². The molecule has 0 amide bonds. The molecule has 1 aromatic carbocycles. The Bertz CT molecular complexity index is 510. The molecule has 1 heterocycles. The average molecular weight is 304 g/mol. The summed E-state index contributed by atoms with van der Waals surface area (Å²) in [6.45, 7) is 1.94. The molecule has 0 spiro atoms. The molecule has 1 aromatic heterocycles. The second-order valence-electron chi connectivity index (χ2n) is 3.07. The fourth-order valence-electron chi connectivity index (χ4n) is 1.32. The van der Waals surface area contributed by atoms with Gasteiger partial charge < -0.3 is 5.73 Å². The average Bonchev–Trinajstić information content (AvgIpc) is 2.45. The second kappa shape index (κ2) is 4.12. The Morgan fingerprint density at radius 2 is 2.20 bits per heavy atom. The van der Waals surface area contributed by atoms with Gasteiger partial charge in [0, 0.05) is 15.1 Å². The third-order valence-corrected chi connectivity index (χ3v) is 3.64. The molecule has 2 aromatic rings. The summed E-state index contributed by atoms with van der Waals surface area (Å²) < 4.78 is 0.909. The molecular formula is C10H8BrClN2S. The van der Waals surface area contributed by atoms with Gasteiger partial charge in [-0.05, 0) is 19.1 Å². The molecule has 0 aliphatic rings. The maximum atomic E-state index is 5.88. The van der Waals surface area contributed by atoms with E-state index in [1.54, 1.807) is 0 Å². The van der Waals surface area contributed by atoms with Crippen molar-refractivity contribution in [3.8, 4) is 11.3 Å². The maximum Gasteiger partial charge on any atom is 0.114 e. The Morgan fingerprint density at radius 3 is 2.73 bits per heavy atom.